The van der Waals surface area contributed by atoms with Gasteiger partial charge in [-0.05, 0) is 51.6 Å². The van der Waals surface area contributed by atoms with E-state index in [1.807, 2.05) is 0 Å². The summed E-state index contributed by atoms with van der Waals surface area (Å²) >= 11 is 0. The number of nitrogens with zero attached hydrogens (tertiary/aromatic N) is 1. The van der Waals surface area contributed by atoms with Gasteiger partial charge in [-0.1, -0.05) is 20.8 Å². The fraction of sp³-hybridized carbons (Fsp3) is 1.00. The Morgan fingerprint density at radius 2 is 1.88 bits per heavy atom. The standard InChI is InChI=1S/C14H30N2/c1-11(2)9-15-10-14(5)16-7-6-12(3)8-13(16)4/h11-15H,6-10H2,1-5H3. The Bertz CT molecular complexity index is 191. The van der Waals surface area contributed by atoms with E-state index in [-0.39, 0.29) is 0 Å². The number of hydrogen-bond donors (Lipinski definition) is 1. The highest BCUT2D eigenvalue weighted by molar-refractivity contribution is 4.81. The second-order valence-electron chi connectivity index (χ2n) is 6.12. The van der Waals surface area contributed by atoms with Crippen molar-refractivity contribution in [3.8, 4) is 0 Å². The number of likely N-dealkylation sites (tertiary alicyclic amines) is 1. The molecule has 0 bridgehead atoms. The van der Waals surface area contributed by atoms with Gasteiger partial charge in [0.2, 0.25) is 0 Å². The third kappa shape index (κ3) is 4.42. The van der Waals surface area contributed by atoms with Crippen molar-refractivity contribution in [1.29, 1.82) is 0 Å². The summed E-state index contributed by atoms with van der Waals surface area (Å²) in [5.41, 5.74) is 0. The lowest BCUT2D eigenvalue weighted by atomic mass is 9.92. The Morgan fingerprint density at radius 1 is 1.19 bits per heavy atom. The first-order valence-electron chi connectivity index (χ1n) is 6.97. The first-order chi connectivity index (χ1) is 7.50. The molecule has 1 rings (SSSR count). The van der Waals surface area contributed by atoms with E-state index in [0.717, 1.165) is 31.0 Å². The molecular formula is C14H30N2. The van der Waals surface area contributed by atoms with Crippen LogP contribution < -0.4 is 5.32 Å². The lowest BCUT2D eigenvalue weighted by Gasteiger charge is -2.40. The normalized spacial score (nSPS) is 29.6. The maximum atomic E-state index is 3.57. The van der Waals surface area contributed by atoms with Crippen LogP contribution in [0.2, 0.25) is 0 Å². The summed E-state index contributed by atoms with van der Waals surface area (Å²) < 4.78 is 0. The van der Waals surface area contributed by atoms with E-state index in [1.165, 1.54) is 19.4 Å². The SMILES string of the molecule is CC(C)CNCC(C)N1CCC(C)CC1C. The number of rotatable bonds is 5. The molecule has 1 N–H and O–H groups in total. The molecule has 0 spiro atoms. The average molecular weight is 226 g/mol. The molecule has 96 valence electrons. The Hall–Kier alpha value is -0.0800. The van der Waals surface area contributed by atoms with Crippen LogP contribution in [0.5, 0.6) is 0 Å². The molecule has 16 heavy (non-hydrogen) atoms. The first-order valence-corrected chi connectivity index (χ1v) is 6.97. The largest absolute Gasteiger partial charge is 0.315 e. The van der Waals surface area contributed by atoms with Crippen molar-refractivity contribution in [2.24, 2.45) is 11.8 Å². The number of piperidine rings is 1. The summed E-state index contributed by atoms with van der Waals surface area (Å²) in [5.74, 6) is 1.67. The van der Waals surface area contributed by atoms with Crippen LogP contribution in [0.15, 0.2) is 0 Å². The molecule has 0 aliphatic carbocycles. The molecule has 0 amide bonds. The van der Waals surface area contributed by atoms with Crippen LogP contribution in [-0.4, -0.2) is 36.6 Å². The lowest BCUT2D eigenvalue weighted by Crippen LogP contribution is -2.49. The molecule has 0 aromatic heterocycles. The van der Waals surface area contributed by atoms with E-state index >= 15 is 0 Å². The molecule has 2 nitrogen and oxygen atoms in total. The summed E-state index contributed by atoms with van der Waals surface area (Å²) in [7, 11) is 0. The molecule has 0 saturated carbocycles. The van der Waals surface area contributed by atoms with Gasteiger partial charge in [0.15, 0.2) is 0 Å². The van der Waals surface area contributed by atoms with Gasteiger partial charge in [-0.25, -0.2) is 0 Å². The van der Waals surface area contributed by atoms with E-state index < -0.39 is 0 Å². The van der Waals surface area contributed by atoms with E-state index in [0.29, 0.717) is 6.04 Å². The molecule has 2 heteroatoms. The molecule has 1 fully saturated rings. The van der Waals surface area contributed by atoms with Gasteiger partial charge in [-0.15, -0.1) is 0 Å². The minimum absolute atomic E-state index is 0.682. The Kier molecular flexibility index (Phi) is 5.77. The highest BCUT2D eigenvalue weighted by Crippen LogP contribution is 2.23. The summed E-state index contributed by atoms with van der Waals surface area (Å²) in [5, 5.41) is 3.57. The van der Waals surface area contributed by atoms with Crippen LogP contribution in [0, 0.1) is 11.8 Å². The molecule has 0 aromatic rings. The van der Waals surface area contributed by atoms with Crippen LogP contribution in [-0.2, 0) is 0 Å². The van der Waals surface area contributed by atoms with Crippen molar-refractivity contribution in [1.82, 2.24) is 10.2 Å². The van der Waals surface area contributed by atoms with Crippen molar-refractivity contribution in [3.05, 3.63) is 0 Å². The minimum Gasteiger partial charge on any atom is -0.315 e. The van der Waals surface area contributed by atoms with Crippen molar-refractivity contribution >= 4 is 0 Å². The lowest BCUT2D eigenvalue weighted by molar-refractivity contribution is 0.0887. The Morgan fingerprint density at radius 3 is 2.44 bits per heavy atom. The zero-order valence-corrected chi connectivity index (χ0v) is 11.8. The zero-order valence-electron chi connectivity index (χ0n) is 11.8. The second kappa shape index (κ2) is 6.61. The van der Waals surface area contributed by atoms with Crippen LogP contribution >= 0.6 is 0 Å². The van der Waals surface area contributed by atoms with Gasteiger partial charge in [-0.2, -0.15) is 0 Å². The average Bonchev–Trinajstić information content (AvgIpc) is 2.16. The summed E-state index contributed by atoms with van der Waals surface area (Å²) in [6.07, 6.45) is 2.74. The summed E-state index contributed by atoms with van der Waals surface area (Å²) in [4.78, 5) is 2.67. The minimum atomic E-state index is 0.682. The van der Waals surface area contributed by atoms with Gasteiger partial charge >= 0.3 is 0 Å². The predicted molar refractivity (Wildman–Crippen MR) is 71.7 cm³/mol. The monoisotopic (exact) mass is 226 g/mol. The molecule has 1 aliphatic heterocycles. The van der Waals surface area contributed by atoms with E-state index in [4.69, 9.17) is 0 Å². The molecule has 3 unspecified atom stereocenters. The topological polar surface area (TPSA) is 15.3 Å². The molecule has 0 aromatic carbocycles. The highest BCUT2D eigenvalue weighted by Gasteiger charge is 2.26. The van der Waals surface area contributed by atoms with Gasteiger partial charge in [0.25, 0.3) is 0 Å². The van der Waals surface area contributed by atoms with E-state index in [2.05, 4.69) is 44.8 Å². The number of nitrogens with one attached hydrogen (secondary N) is 1. The molecule has 1 heterocycles. The van der Waals surface area contributed by atoms with Crippen molar-refractivity contribution in [2.45, 2.75) is 59.5 Å². The van der Waals surface area contributed by atoms with Crippen molar-refractivity contribution in [2.75, 3.05) is 19.6 Å². The third-order valence-corrected chi connectivity index (χ3v) is 3.75. The fourth-order valence-electron chi connectivity index (χ4n) is 2.78. The Balaban J connectivity index is 2.27. The number of hydrogen-bond acceptors (Lipinski definition) is 2. The summed E-state index contributed by atoms with van der Waals surface area (Å²) in [6.45, 7) is 15.2. The smallest absolute Gasteiger partial charge is 0.0195 e. The quantitative estimate of drug-likeness (QED) is 0.775. The van der Waals surface area contributed by atoms with Gasteiger partial charge in [0.1, 0.15) is 0 Å². The maximum Gasteiger partial charge on any atom is 0.0195 e. The van der Waals surface area contributed by atoms with Crippen molar-refractivity contribution in [3.63, 3.8) is 0 Å². The molecule has 1 aliphatic rings. The first kappa shape index (κ1) is 14.0. The second-order valence-corrected chi connectivity index (χ2v) is 6.12. The molecular weight excluding hydrogens is 196 g/mol. The fourth-order valence-corrected chi connectivity index (χ4v) is 2.78. The molecule has 0 radical (unpaired) electrons. The van der Waals surface area contributed by atoms with Crippen LogP contribution in [0.1, 0.15) is 47.5 Å². The Labute approximate surface area is 102 Å². The van der Waals surface area contributed by atoms with Crippen molar-refractivity contribution < 1.29 is 0 Å². The van der Waals surface area contributed by atoms with Gasteiger partial charge < -0.3 is 5.32 Å². The van der Waals surface area contributed by atoms with Crippen LogP contribution in [0.4, 0.5) is 0 Å². The highest BCUT2D eigenvalue weighted by atomic mass is 15.2. The van der Waals surface area contributed by atoms with Crippen LogP contribution in [0.25, 0.3) is 0 Å². The molecule has 1 saturated heterocycles. The molecule has 3 atom stereocenters. The van der Waals surface area contributed by atoms with E-state index in [9.17, 15) is 0 Å². The van der Waals surface area contributed by atoms with Gasteiger partial charge in [-0.3, -0.25) is 4.90 Å². The third-order valence-electron chi connectivity index (χ3n) is 3.75. The van der Waals surface area contributed by atoms with Crippen LogP contribution in [0.3, 0.4) is 0 Å². The predicted octanol–water partition coefficient (Wildman–Crippen LogP) is 2.74. The maximum absolute atomic E-state index is 3.57. The van der Waals surface area contributed by atoms with Gasteiger partial charge in [0.05, 0.1) is 0 Å². The summed E-state index contributed by atoms with van der Waals surface area (Å²) in [6, 6.07) is 1.45. The van der Waals surface area contributed by atoms with E-state index in [1.54, 1.807) is 0 Å². The zero-order chi connectivity index (χ0) is 12.1. The van der Waals surface area contributed by atoms with Gasteiger partial charge in [0, 0.05) is 18.6 Å².